The monoisotopic (exact) mass is 642 g/mol. The van der Waals surface area contributed by atoms with Gasteiger partial charge in [-0.25, -0.2) is 13.8 Å². The van der Waals surface area contributed by atoms with Gasteiger partial charge in [0.05, 0.1) is 44.4 Å². The summed E-state index contributed by atoms with van der Waals surface area (Å²) < 4.78 is 44.5. The largest absolute Gasteiger partial charge is 0.491 e. The van der Waals surface area contributed by atoms with Crippen LogP contribution >= 0.6 is 22.9 Å². The molecule has 3 N–H and O–H groups in total. The van der Waals surface area contributed by atoms with Gasteiger partial charge in [-0.1, -0.05) is 29.9 Å². The summed E-state index contributed by atoms with van der Waals surface area (Å²) >= 11 is 7.98. The van der Waals surface area contributed by atoms with Crippen molar-refractivity contribution in [1.29, 1.82) is 0 Å². The van der Waals surface area contributed by atoms with Crippen LogP contribution in [-0.2, 0) is 0 Å². The fourth-order valence-corrected chi connectivity index (χ4v) is 9.19. The van der Waals surface area contributed by atoms with Gasteiger partial charge in [-0.15, -0.1) is 0 Å². The van der Waals surface area contributed by atoms with Crippen molar-refractivity contribution in [2.24, 2.45) is 5.92 Å². The number of nitrogens with zero attached hydrogens (tertiary/aromatic N) is 5. The summed E-state index contributed by atoms with van der Waals surface area (Å²) in [4.78, 5) is 18.3. The second-order valence-electron chi connectivity index (χ2n) is 13.0. The SMILES string of the molecule is C[C@H]1CN2CCC[C@@]2(COc2nc3c4c(c(Cl)c(-c5ccc(F)c6sc(N)nc56)c(F)c4n2)OCCC2N3CCC2(C)O)C1. The number of rotatable bonds is 4. The lowest BCUT2D eigenvalue weighted by molar-refractivity contribution is 0.0438. The van der Waals surface area contributed by atoms with E-state index in [4.69, 9.17) is 31.8 Å². The molecule has 4 aromatic rings. The first-order valence-electron chi connectivity index (χ1n) is 15.1. The van der Waals surface area contributed by atoms with Crippen LogP contribution in [-0.4, -0.2) is 75.0 Å². The molecule has 2 aromatic carbocycles. The van der Waals surface area contributed by atoms with Gasteiger partial charge in [-0.05, 0) is 57.2 Å². The first-order chi connectivity index (χ1) is 21.1. The molecule has 232 valence electrons. The highest BCUT2D eigenvalue weighted by molar-refractivity contribution is 7.22. The molecule has 4 atom stereocenters. The Labute approximate surface area is 261 Å². The molecule has 9 nitrogen and oxygen atoms in total. The maximum atomic E-state index is 17.0. The van der Waals surface area contributed by atoms with Crippen LogP contribution in [0.3, 0.4) is 0 Å². The fourth-order valence-electron chi connectivity index (χ4n) is 8.09. The Bertz CT molecular complexity index is 1840. The Morgan fingerprint density at radius 3 is 2.89 bits per heavy atom. The van der Waals surface area contributed by atoms with Crippen molar-refractivity contribution in [2.75, 3.05) is 43.5 Å². The highest BCUT2D eigenvalue weighted by atomic mass is 35.5. The number of aliphatic hydroxyl groups is 1. The van der Waals surface area contributed by atoms with Crippen molar-refractivity contribution in [2.45, 2.75) is 63.1 Å². The highest BCUT2D eigenvalue weighted by Crippen LogP contribution is 2.51. The van der Waals surface area contributed by atoms with Gasteiger partial charge < -0.3 is 25.2 Å². The van der Waals surface area contributed by atoms with E-state index in [1.54, 1.807) is 6.92 Å². The molecule has 0 bridgehead atoms. The van der Waals surface area contributed by atoms with Gasteiger partial charge in [-0.3, -0.25) is 4.90 Å². The molecule has 0 spiro atoms. The van der Waals surface area contributed by atoms with Gasteiger partial charge in [0.1, 0.15) is 23.8 Å². The zero-order valence-electron chi connectivity index (χ0n) is 24.5. The maximum Gasteiger partial charge on any atom is 0.319 e. The number of hydrogen-bond donors (Lipinski definition) is 2. The molecule has 4 aliphatic heterocycles. The Kier molecular flexibility index (Phi) is 6.44. The Balaban J connectivity index is 1.34. The Morgan fingerprint density at radius 2 is 2.05 bits per heavy atom. The van der Waals surface area contributed by atoms with Gasteiger partial charge in [0.2, 0.25) is 0 Å². The number of benzene rings is 2. The average molecular weight is 643 g/mol. The van der Waals surface area contributed by atoms with Crippen LogP contribution < -0.4 is 20.1 Å². The van der Waals surface area contributed by atoms with E-state index >= 15 is 4.39 Å². The molecule has 2 unspecified atom stereocenters. The molecule has 8 rings (SSSR count). The standard InChI is InChI=1S/C31H33ClF2N6O3S/c1-15-12-31(7-3-9-39(31)13-15)14-43-29-37-24-20-25(42-11-6-18-30(2,41)8-10-40(18)27(20)38-29)21(32)19(22(24)34)16-4-5-17(33)26-23(16)36-28(35)44-26/h4-5,15,18,41H,3,6-14H2,1-2H3,(H2,35,36)/t15-,18?,30?,31+/m1/s1. The fraction of sp³-hybridized carbons (Fsp3) is 0.516. The molecule has 0 radical (unpaired) electrons. The summed E-state index contributed by atoms with van der Waals surface area (Å²) in [6.07, 6.45) is 4.16. The third kappa shape index (κ3) is 4.17. The van der Waals surface area contributed by atoms with E-state index in [1.165, 1.54) is 12.1 Å². The molecule has 3 saturated heterocycles. The van der Waals surface area contributed by atoms with Crippen LogP contribution in [0.2, 0.25) is 5.02 Å². The molecule has 0 aliphatic carbocycles. The lowest BCUT2D eigenvalue weighted by Crippen LogP contribution is -2.45. The van der Waals surface area contributed by atoms with E-state index < -0.39 is 17.2 Å². The van der Waals surface area contributed by atoms with Gasteiger partial charge >= 0.3 is 6.01 Å². The normalized spacial score (nSPS) is 28.3. The quantitative estimate of drug-likeness (QED) is 0.286. The minimum absolute atomic E-state index is 0.00390. The summed E-state index contributed by atoms with van der Waals surface area (Å²) in [5.74, 6) is -0.0155. The predicted octanol–water partition coefficient (Wildman–Crippen LogP) is 5.79. The van der Waals surface area contributed by atoms with Gasteiger partial charge in [-0.2, -0.15) is 9.97 Å². The van der Waals surface area contributed by atoms with E-state index in [9.17, 15) is 9.50 Å². The number of thiazole rings is 1. The summed E-state index contributed by atoms with van der Waals surface area (Å²) in [7, 11) is 0. The maximum absolute atomic E-state index is 17.0. The van der Waals surface area contributed by atoms with Crippen LogP contribution in [0.4, 0.5) is 19.7 Å². The molecular weight excluding hydrogens is 610 g/mol. The summed E-state index contributed by atoms with van der Waals surface area (Å²) in [5.41, 5.74) is 5.33. The molecule has 3 fully saturated rings. The number of nitrogens with two attached hydrogens (primary N) is 1. The van der Waals surface area contributed by atoms with Crippen molar-refractivity contribution in [1.82, 2.24) is 19.9 Å². The molecule has 0 saturated carbocycles. The molecule has 6 heterocycles. The third-order valence-electron chi connectivity index (χ3n) is 10.1. The van der Waals surface area contributed by atoms with Crippen molar-refractivity contribution < 1.29 is 23.4 Å². The molecule has 44 heavy (non-hydrogen) atoms. The zero-order valence-corrected chi connectivity index (χ0v) is 26.1. The molecule has 2 aromatic heterocycles. The summed E-state index contributed by atoms with van der Waals surface area (Å²) in [6, 6.07) is 2.45. The van der Waals surface area contributed by atoms with E-state index in [-0.39, 0.29) is 67.0 Å². The van der Waals surface area contributed by atoms with Gasteiger partial charge in [0.25, 0.3) is 0 Å². The number of fused-ring (bicyclic) bond motifs is 4. The van der Waals surface area contributed by atoms with Crippen LogP contribution in [0.15, 0.2) is 12.1 Å². The molecular formula is C31H33ClF2N6O3S. The average Bonchev–Trinajstić information content (AvgIpc) is 3.70. The minimum atomic E-state index is -0.991. The van der Waals surface area contributed by atoms with Gasteiger partial charge in [0, 0.05) is 30.6 Å². The number of aromatic nitrogens is 3. The van der Waals surface area contributed by atoms with Crippen LogP contribution in [0.1, 0.15) is 46.0 Å². The van der Waals surface area contributed by atoms with E-state index in [1.807, 2.05) is 4.90 Å². The number of anilines is 2. The van der Waals surface area contributed by atoms with E-state index in [2.05, 4.69) is 21.8 Å². The zero-order chi connectivity index (χ0) is 30.5. The van der Waals surface area contributed by atoms with Crippen molar-refractivity contribution >= 4 is 55.0 Å². The number of nitrogen functional groups attached to an aromatic ring is 1. The van der Waals surface area contributed by atoms with E-state index in [0.29, 0.717) is 43.1 Å². The predicted molar refractivity (Wildman–Crippen MR) is 167 cm³/mol. The van der Waals surface area contributed by atoms with Crippen LogP contribution in [0, 0.1) is 17.6 Å². The lowest BCUT2D eigenvalue weighted by atomic mass is 9.92. The molecule has 13 heteroatoms. The van der Waals surface area contributed by atoms with Crippen LogP contribution in [0.5, 0.6) is 11.8 Å². The topological polar surface area (TPSA) is 110 Å². The third-order valence-corrected chi connectivity index (χ3v) is 11.3. The second-order valence-corrected chi connectivity index (χ2v) is 14.4. The Morgan fingerprint density at radius 1 is 1.20 bits per heavy atom. The smallest absolute Gasteiger partial charge is 0.319 e. The second kappa shape index (κ2) is 9.97. The number of hydrogen-bond acceptors (Lipinski definition) is 10. The number of ether oxygens (including phenoxy) is 2. The van der Waals surface area contributed by atoms with Crippen molar-refractivity contribution in [3.63, 3.8) is 0 Å². The van der Waals surface area contributed by atoms with Crippen LogP contribution in [0.25, 0.3) is 32.2 Å². The summed E-state index contributed by atoms with van der Waals surface area (Å²) in [6.45, 7) is 7.26. The number of halogens is 3. The Hall–Kier alpha value is -3.06. The van der Waals surface area contributed by atoms with Gasteiger partial charge in [0.15, 0.2) is 16.7 Å². The first-order valence-corrected chi connectivity index (χ1v) is 16.3. The minimum Gasteiger partial charge on any atom is -0.491 e. The van der Waals surface area contributed by atoms with Crippen molar-refractivity contribution in [3.05, 3.63) is 28.8 Å². The summed E-state index contributed by atoms with van der Waals surface area (Å²) in [5, 5.41) is 11.7. The first kappa shape index (κ1) is 28.4. The lowest BCUT2D eigenvalue weighted by Gasteiger charge is -2.35. The van der Waals surface area contributed by atoms with E-state index in [0.717, 1.165) is 43.7 Å². The highest BCUT2D eigenvalue weighted by Gasteiger charge is 2.48. The molecule has 0 amide bonds. The molecule has 4 aliphatic rings. The van der Waals surface area contributed by atoms with Crippen molar-refractivity contribution in [3.8, 4) is 22.9 Å².